The van der Waals surface area contributed by atoms with Gasteiger partial charge in [-0.05, 0) is 55.2 Å². The molecule has 3 rings (SSSR count). The molecule has 0 aliphatic carbocycles. The molecule has 1 heterocycles. The first kappa shape index (κ1) is 23.4. The van der Waals surface area contributed by atoms with Crippen LogP contribution >= 0.6 is 0 Å². The second-order valence-electron chi connectivity index (χ2n) is 7.96. The van der Waals surface area contributed by atoms with Crippen LogP contribution in [0.1, 0.15) is 38.7 Å². The molecular weight excluding hydrogens is 417 g/mol. The molecule has 2 atom stereocenters. The summed E-state index contributed by atoms with van der Waals surface area (Å²) in [5.74, 6) is -0.240. The van der Waals surface area contributed by atoms with Gasteiger partial charge in [0.2, 0.25) is 15.9 Å². The molecule has 0 unspecified atom stereocenters. The number of nitrogens with one attached hydrogen (secondary N) is 1. The quantitative estimate of drug-likeness (QED) is 0.703. The molecule has 0 spiro atoms. The highest BCUT2D eigenvalue weighted by molar-refractivity contribution is 7.89. The molecule has 0 bridgehead atoms. The second kappa shape index (κ2) is 9.89. The van der Waals surface area contributed by atoms with Gasteiger partial charge in [0.15, 0.2) is 0 Å². The van der Waals surface area contributed by atoms with Crippen molar-refractivity contribution in [2.75, 3.05) is 31.5 Å². The highest BCUT2D eigenvalue weighted by Crippen LogP contribution is 2.27. The molecule has 2 aromatic rings. The lowest BCUT2D eigenvalue weighted by Crippen LogP contribution is -2.53. The highest BCUT2D eigenvalue weighted by Gasteiger charge is 2.32. The monoisotopic (exact) mass is 447 g/mol. The second-order valence-corrected chi connectivity index (χ2v) is 9.89. The lowest BCUT2D eigenvalue weighted by atomic mass is 9.97. The fraction of sp³-hybridized carbons (Fsp3) is 0.435. The number of nitrogens with zero attached hydrogens (tertiary/aromatic N) is 2. The summed E-state index contributed by atoms with van der Waals surface area (Å²) in [5.41, 5.74) is 1.94. The third-order valence-electron chi connectivity index (χ3n) is 6.01. The van der Waals surface area contributed by atoms with E-state index in [2.05, 4.69) is 19.2 Å². The van der Waals surface area contributed by atoms with Gasteiger partial charge in [0.1, 0.15) is 5.82 Å². The molecule has 2 aromatic carbocycles. The van der Waals surface area contributed by atoms with Crippen molar-refractivity contribution in [2.24, 2.45) is 0 Å². The van der Waals surface area contributed by atoms with E-state index in [-0.39, 0.29) is 29.9 Å². The number of piperazine rings is 1. The molecule has 1 fully saturated rings. The molecule has 6 nitrogen and oxygen atoms in total. The summed E-state index contributed by atoms with van der Waals surface area (Å²) < 4.78 is 40.1. The maximum atomic E-state index is 13.1. The number of carbonyl (C=O) groups is 1. The summed E-state index contributed by atoms with van der Waals surface area (Å²) >= 11 is 0. The number of carbonyl (C=O) groups excluding carboxylic acids is 1. The van der Waals surface area contributed by atoms with E-state index < -0.39 is 15.8 Å². The first-order chi connectivity index (χ1) is 14.7. The zero-order valence-corrected chi connectivity index (χ0v) is 19.0. The third-order valence-corrected chi connectivity index (χ3v) is 7.93. The normalized spacial score (nSPS) is 17.8. The van der Waals surface area contributed by atoms with Crippen LogP contribution in [-0.4, -0.2) is 55.8 Å². The average Bonchev–Trinajstić information content (AvgIpc) is 2.78. The SMILES string of the molecule is CC[C@H](C)c1ccccc1NC(=O)[C@@H](C)N1CCN(S(=O)(=O)c2ccc(F)cc2)CC1. The molecular formula is C23H30FN3O3S. The molecule has 168 valence electrons. The Labute approximate surface area is 184 Å². The molecule has 0 radical (unpaired) electrons. The Morgan fingerprint density at radius 3 is 2.26 bits per heavy atom. The van der Waals surface area contributed by atoms with E-state index in [0.29, 0.717) is 19.0 Å². The van der Waals surface area contributed by atoms with Gasteiger partial charge in [0.25, 0.3) is 0 Å². The number of amides is 1. The minimum Gasteiger partial charge on any atom is -0.324 e. The minimum absolute atomic E-state index is 0.0785. The fourth-order valence-corrected chi connectivity index (χ4v) is 5.17. The van der Waals surface area contributed by atoms with Gasteiger partial charge in [0.05, 0.1) is 10.9 Å². The number of halogens is 1. The van der Waals surface area contributed by atoms with E-state index >= 15 is 0 Å². The Morgan fingerprint density at radius 2 is 1.65 bits per heavy atom. The van der Waals surface area contributed by atoms with Crippen LogP contribution in [0, 0.1) is 5.82 Å². The molecule has 1 amide bonds. The Hall–Kier alpha value is -2.29. The Bertz CT molecular complexity index is 1000. The zero-order chi connectivity index (χ0) is 22.6. The van der Waals surface area contributed by atoms with Crippen LogP contribution in [0.15, 0.2) is 53.4 Å². The van der Waals surface area contributed by atoms with E-state index in [4.69, 9.17) is 0 Å². The topological polar surface area (TPSA) is 69.7 Å². The summed E-state index contributed by atoms with van der Waals surface area (Å²) in [4.78, 5) is 14.9. The van der Waals surface area contributed by atoms with Gasteiger partial charge in [-0.15, -0.1) is 0 Å². The molecule has 0 saturated carbocycles. The summed E-state index contributed by atoms with van der Waals surface area (Å²) in [6.07, 6.45) is 0.979. The molecule has 1 saturated heterocycles. The summed E-state index contributed by atoms with van der Waals surface area (Å²) in [5, 5.41) is 3.05. The number of para-hydroxylation sites is 1. The number of hydrogen-bond donors (Lipinski definition) is 1. The maximum absolute atomic E-state index is 13.1. The average molecular weight is 448 g/mol. The van der Waals surface area contributed by atoms with Gasteiger partial charge in [0, 0.05) is 31.9 Å². The third kappa shape index (κ3) is 5.31. The number of hydrogen-bond acceptors (Lipinski definition) is 4. The number of rotatable bonds is 7. The van der Waals surface area contributed by atoms with Crippen LogP contribution < -0.4 is 5.32 Å². The van der Waals surface area contributed by atoms with Crippen molar-refractivity contribution in [3.63, 3.8) is 0 Å². The lowest BCUT2D eigenvalue weighted by Gasteiger charge is -2.36. The molecule has 8 heteroatoms. The van der Waals surface area contributed by atoms with Crippen LogP contribution in [0.3, 0.4) is 0 Å². The first-order valence-electron chi connectivity index (χ1n) is 10.6. The van der Waals surface area contributed by atoms with Crippen LogP contribution in [0.5, 0.6) is 0 Å². The Balaban J connectivity index is 1.62. The van der Waals surface area contributed by atoms with E-state index in [9.17, 15) is 17.6 Å². The van der Waals surface area contributed by atoms with Gasteiger partial charge in [-0.1, -0.05) is 32.0 Å². The zero-order valence-electron chi connectivity index (χ0n) is 18.2. The molecule has 1 N–H and O–H groups in total. The van der Waals surface area contributed by atoms with Gasteiger partial charge >= 0.3 is 0 Å². The minimum atomic E-state index is -3.68. The largest absolute Gasteiger partial charge is 0.324 e. The molecule has 1 aliphatic heterocycles. The standard InChI is InChI=1S/C23H30FN3O3S/c1-4-17(2)21-7-5-6-8-22(21)25-23(28)18(3)26-13-15-27(16-14-26)31(29,30)20-11-9-19(24)10-12-20/h5-12,17-18H,4,13-16H2,1-3H3,(H,25,28)/t17-,18+/m0/s1. The lowest BCUT2D eigenvalue weighted by molar-refractivity contribution is -0.121. The number of benzene rings is 2. The van der Waals surface area contributed by atoms with Crippen molar-refractivity contribution in [1.82, 2.24) is 9.21 Å². The number of sulfonamides is 1. The van der Waals surface area contributed by atoms with Gasteiger partial charge in [-0.2, -0.15) is 4.31 Å². The highest BCUT2D eigenvalue weighted by atomic mass is 32.2. The summed E-state index contributed by atoms with van der Waals surface area (Å²) in [7, 11) is -3.68. The van der Waals surface area contributed by atoms with Crippen molar-refractivity contribution in [2.45, 2.75) is 44.0 Å². The number of anilines is 1. The molecule has 0 aromatic heterocycles. The van der Waals surface area contributed by atoms with E-state index in [1.807, 2.05) is 36.1 Å². The molecule has 1 aliphatic rings. The first-order valence-corrected chi connectivity index (χ1v) is 12.1. The van der Waals surface area contributed by atoms with E-state index in [1.54, 1.807) is 0 Å². The van der Waals surface area contributed by atoms with Gasteiger partial charge in [-0.25, -0.2) is 12.8 Å². The van der Waals surface area contributed by atoms with Crippen molar-refractivity contribution in [1.29, 1.82) is 0 Å². The smallest absolute Gasteiger partial charge is 0.243 e. The van der Waals surface area contributed by atoms with E-state index in [1.165, 1.54) is 16.4 Å². The van der Waals surface area contributed by atoms with Crippen LogP contribution in [0.4, 0.5) is 10.1 Å². The van der Waals surface area contributed by atoms with Crippen LogP contribution in [-0.2, 0) is 14.8 Å². The van der Waals surface area contributed by atoms with Crippen LogP contribution in [0.25, 0.3) is 0 Å². The predicted molar refractivity (Wildman–Crippen MR) is 120 cm³/mol. The van der Waals surface area contributed by atoms with E-state index in [0.717, 1.165) is 29.8 Å². The fourth-order valence-electron chi connectivity index (χ4n) is 3.75. The van der Waals surface area contributed by atoms with Crippen molar-refractivity contribution < 1.29 is 17.6 Å². The summed E-state index contributed by atoms with van der Waals surface area (Å²) in [6, 6.07) is 12.3. The Kier molecular flexibility index (Phi) is 7.46. The Morgan fingerprint density at radius 1 is 1.03 bits per heavy atom. The van der Waals surface area contributed by atoms with Crippen molar-refractivity contribution in [3.05, 3.63) is 59.9 Å². The van der Waals surface area contributed by atoms with Crippen molar-refractivity contribution in [3.8, 4) is 0 Å². The predicted octanol–water partition coefficient (Wildman–Crippen LogP) is 3.67. The van der Waals surface area contributed by atoms with Gasteiger partial charge < -0.3 is 5.32 Å². The molecule has 31 heavy (non-hydrogen) atoms. The summed E-state index contributed by atoms with van der Waals surface area (Å²) in [6.45, 7) is 7.54. The van der Waals surface area contributed by atoms with Crippen molar-refractivity contribution >= 4 is 21.6 Å². The maximum Gasteiger partial charge on any atom is 0.243 e. The van der Waals surface area contributed by atoms with Gasteiger partial charge in [-0.3, -0.25) is 9.69 Å². The van der Waals surface area contributed by atoms with Crippen LogP contribution in [0.2, 0.25) is 0 Å².